The average molecular weight is 377 g/mol. The Morgan fingerprint density at radius 3 is 2.07 bits per heavy atom. The Morgan fingerprint density at radius 2 is 1.61 bits per heavy atom. The summed E-state index contributed by atoms with van der Waals surface area (Å²) in [6, 6.07) is 22.8. The number of hydrogen-bond acceptors (Lipinski definition) is 4. The average Bonchev–Trinajstić information content (AvgIpc) is 2.76. The zero-order valence-electron chi connectivity index (χ0n) is 16.5. The molecule has 0 aliphatic carbocycles. The molecule has 1 fully saturated rings. The largest absolute Gasteiger partial charge is 0.466 e. The summed E-state index contributed by atoms with van der Waals surface area (Å²) < 4.78 is 5.16. The van der Waals surface area contributed by atoms with Crippen LogP contribution in [0.3, 0.4) is 0 Å². The number of carbonyl (C=O) groups is 1. The van der Waals surface area contributed by atoms with Gasteiger partial charge in [-0.15, -0.1) is 0 Å². The molecule has 0 unspecified atom stereocenters. The fourth-order valence-corrected chi connectivity index (χ4v) is 4.06. The Morgan fingerprint density at radius 1 is 1.07 bits per heavy atom. The fourth-order valence-electron chi connectivity index (χ4n) is 4.06. The van der Waals surface area contributed by atoms with Crippen LogP contribution in [0, 0.1) is 17.2 Å². The van der Waals surface area contributed by atoms with Gasteiger partial charge < -0.3 is 9.64 Å². The lowest BCUT2D eigenvalue weighted by molar-refractivity contribution is -0.149. The van der Waals surface area contributed by atoms with Crippen LogP contribution >= 0.6 is 0 Å². The van der Waals surface area contributed by atoms with E-state index in [2.05, 4.69) is 11.0 Å². The van der Waals surface area contributed by atoms with Crippen molar-refractivity contribution in [1.29, 1.82) is 5.26 Å². The highest BCUT2D eigenvalue weighted by atomic mass is 16.5. The van der Waals surface area contributed by atoms with Crippen LogP contribution in [0.2, 0.25) is 0 Å². The minimum Gasteiger partial charge on any atom is -0.466 e. The van der Waals surface area contributed by atoms with Crippen LogP contribution in [0.1, 0.15) is 37.3 Å². The first-order valence-electron chi connectivity index (χ1n) is 10.1. The third kappa shape index (κ3) is 4.43. The van der Waals surface area contributed by atoms with Gasteiger partial charge in [-0.2, -0.15) is 5.26 Å². The Balaban J connectivity index is 1.72. The Bertz CT molecular complexity index is 751. The van der Waals surface area contributed by atoms with Crippen molar-refractivity contribution >= 4 is 5.97 Å². The molecule has 1 aliphatic rings. The molecule has 0 saturated carbocycles. The third-order valence-corrected chi connectivity index (χ3v) is 5.73. The van der Waals surface area contributed by atoms with Gasteiger partial charge in [-0.1, -0.05) is 60.7 Å². The predicted molar refractivity (Wildman–Crippen MR) is 110 cm³/mol. The van der Waals surface area contributed by atoms with Crippen molar-refractivity contribution < 1.29 is 9.53 Å². The molecule has 4 heteroatoms. The topological polar surface area (TPSA) is 53.3 Å². The van der Waals surface area contributed by atoms with Gasteiger partial charge in [0.25, 0.3) is 0 Å². The van der Waals surface area contributed by atoms with Crippen LogP contribution in [-0.2, 0) is 14.9 Å². The summed E-state index contributed by atoms with van der Waals surface area (Å²) in [7, 11) is 0. The Kier molecular flexibility index (Phi) is 6.84. The fraction of sp³-hybridized carbons (Fsp3) is 0.417. The van der Waals surface area contributed by atoms with Crippen LogP contribution in [0.4, 0.5) is 0 Å². The zero-order valence-corrected chi connectivity index (χ0v) is 16.5. The predicted octanol–water partition coefficient (Wildman–Crippen LogP) is 4.16. The standard InChI is InChI=1S/C24H28N2O2/c1-2-28-23(27)20-13-16-26(17-14-20)18-15-24(19-25,21-9-5-3-6-10-21)22-11-7-4-8-12-22/h3-12,20H,2,13-18H2,1H3. The smallest absolute Gasteiger partial charge is 0.309 e. The molecular weight excluding hydrogens is 348 g/mol. The lowest BCUT2D eigenvalue weighted by atomic mass is 9.73. The minimum absolute atomic E-state index is 0.0140. The zero-order chi connectivity index (χ0) is 19.8. The van der Waals surface area contributed by atoms with Gasteiger partial charge in [-0.25, -0.2) is 0 Å². The maximum atomic E-state index is 12.0. The van der Waals surface area contributed by atoms with Crippen molar-refractivity contribution in [2.75, 3.05) is 26.2 Å². The van der Waals surface area contributed by atoms with E-state index in [1.54, 1.807) is 0 Å². The van der Waals surface area contributed by atoms with Gasteiger partial charge in [0.2, 0.25) is 0 Å². The molecule has 1 saturated heterocycles. The van der Waals surface area contributed by atoms with Crippen LogP contribution in [0.15, 0.2) is 60.7 Å². The first kappa shape index (κ1) is 20.1. The number of esters is 1. The van der Waals surface area contributed by atoms with Gasteiger partial charge in [0, 0.05) is 6.54 Å². The second kappa shape index (κ2) is 9.52. The lowest BCUT2D eigenvalue weighted by Crippen LogP contribution is -2.40. The molecule has 146 valence electrons. The van der Waals surface area contributed by atoms with Crippen LogP contribution in [-0.4, -0.2) is 37.1 Å². The number of nitrogens with zero attached hydrogens (tertiary/aromatic N) is 2. The quantitative estimate of drug-likeness (QED) is 0.681. The molecule has 0 N–H and O–H groups in total. The molecule has 2 aromatic rings. The van der Waals surface area contributed by atoms with Gasteiger partial charge in [-0.3, -0.25) is 4.79 Å². The number of nitriles is 1. The van der Waals surface area contributed by atoms with Crippen molar-refractivity contribution in [3.05, 3.63) is 71.8 Å². The molecule has 0 spiro atoms. The van der Waals surface area contributed by atoms with E-state index >= 15 is 0 Å². The highest BCUT2D eigenvalue weighted by Crippen LogP contribution is 2.35. The van der Waals surface area contributed by atoms with Crippen molar-refractivity contribution in [3.8, 4) is 6.07 Å². The summed E-state index contributed by atoms with van der Waals surface area (Å²) >= 11 is 0. The van der Waals surface area contributed by atoms with E-state index in [0.29, 0.717) is 6.61 Å². The normalized spacial score (nSPS) is 15.7. The maximum absolute atomic E-state index is 12.0. The Hall–Kier alpha value is -2.64. The summed E-state index contributed by atoms with van der Waals surface area (Å²) in [5.74, 6) is -0.0535. The molecule has 0 atom stereocenters. The van der Waals surface area contributed by atoms with Crippen LogP contribution in [0.5, 0.6) is 0 Å². The van der Waals surface area contributed by atoms with E-state index < -0.39 is 5.41 Å². The van der Waals surface area contributed by atoms with Crippen molar-refractivity contribution in [2.45, 2.75) is 31.6 Å². The number of piperidine rings is 1. The molecular formula is C24H28N2O2. The number of likely N-dealkylation sites (tertiary alicyclic amines) is 1. The van der Waals surface area contributed by atoms with Gasteiger partial charge >= 0.3 is 5.97 Å². The number of ether oxygens (including phenoxy) is 1. The molecule has 0 amide bonds. The van der Waals surface area contributed by atoms with Gasteiger partial charge in [0.05, 0.1) is 18.6 Å². The lowest BCUT2D eigenvalue weighted by Gasteiger charge is -2.34. The van der Waals surface area contributed by atoms with Gasteiger partial charge in [0.15, 0.2) is 0 Å². The first-order chi connectivity index (χ1) is 13.7. The monoisotopic (exact) mass is 376 g/mol. The molecule has 4 nitrogen and oxygen atoms in total. The second-order valence-electron chi connectivity index (χ2n) is 7.37. The molecule has 0 bridgehead atoms. The van der Waals surface area contributed by atoms with Crippen molar-refractivity contribution in [3.63, 3.8) is 0 Å². The van der Waals surface area contributed by atoms with Gasteiger partial charge in [0.1, 0.15) is 5.41 Å². The maximum Gasteiger partial charge on any atom is 0.309 e. The summed E-state index contributed by atoms with van der Waals surface area (Å²) in [6.07, 6.45) is 2.38. The molecule has 3 rings (SSSR count). The third-order valence-electron chi connectivity index (χ3n) is 5.73. The van der Waals surface area contributed by atoms with Crippen LogP contribution < -0.4 is 0 Å². The summed E-state index contributed by atoms with van der Waals surface area (Å²) in [4.78, 5) is 14.3. The first-order valence-corrected chi connectivity index (χ1v) is 10.1. The number of carbonyl (C=O) groups excluding carboxylic acids is 1. The molecule has 0 radical (unpaired) electrons. The molecule has 1 aliphatic heterocycles. The number of rotatable bonds is 7. The van der Waals surface area contributed by atoms with E-state index in [9.17, 15) is 10.1 Å². The van der Waals surface area contributed by atoms with Crippen LogP contribution in [0.25, 0.3) is 0 Å². The minimum atomic E-state index is -0.666. The van der Waals surface area contributed by atoms with E-state index in [4.69, 9.17) is 4.74 Å². The summed E-state index contributed by atoms with van der Waals surface area (Å²) in [5.41, 5.74) is 1.40. The molecule has 0 aromatic heterocycles. The van der Waals surface area contributed by atoms with Crippen molar-refractivity contribution in [2.24, 2.45) is 5.92 Å². The number of hydrogen-bond donors (Lipinski definition) is 0. The van der Waals surface area contributed by atoms with E-state index in [1.165, 1.54) is 0 Å². The van der Waals surface area contributed by atoms with E-state index in [0.717, 1.165) is 50.0 Å². The molecule has 28 heavy (non-hydrogen) atoms. The molecule has 2 aromatic carbocycles. The van der Waals surface area contributed by atoms with Crippen molar-refractivity contribution in [1.82, 2.24) is 4.90 Å². The van der Waals surface area contributed by atoms with Gasteiger partial charge in [-0.05, 0) is 50.4 Å². The highest BCUT2D eigenvalue weighted by molar-refractivity contribution is 5.72. The Labute approximate surface area is 167 Å². The molecule has 1 heterocycles. The SMILES string of the molecule is CCOC(=O)C1CCN(CCC(C#N)(c2ccccc2)c2ccccc2)CC1. The second-order valence-corrected chi connectivity index (χ2v) is 7.37. The number of benzene rings is 2. The van der Waals surface area contributed by atoms with E-state index in [-0.39, 0.29) is 11.9 Å². The summed E-state index contributed by atoms with van der Waals surface area (Å²) in [5, 5.41) is 10.3. The summed E-state index contributed by atoms with van der Waals surface area (Å²) in [6.45, 7) is 4.86. The van der Waals surface area contributed by atoms with E-state index in [1.807, 2.05) is 67.6 Å². The highest BCUT2D eigenvalue weighted by Gasteiger charge is 2.35.